The molecular weight excluding hydrogens is 260 g/mol. The smallest absolute Gasteiger partial charge is 0.278 e. The van der Waals surface area contributed by atoms with E-state index >= 15 is 0 Å². The standard InChI is InChI=1S/C12H12N6O2/c13-6-1-3-7(4-2-6)20-5-8-15-9-10(16-8)17-12(14)18-11(9)19/h1-4H,5,13H2,(H4,14,15,16,17,18,19). The molecule has 0 amide bonds. The van der Waals surface area contributed by atoms with Crippen LogP contribution in [0.25, 0.3) is 11.2 Å². The molecule has 0 aliphatic carbocycles. The van der Waals surface area contributed by atoms with E-state index in [0.29, 0.717) is 17.3 Å². The van der Waals surface area contributed by atoms with Crippen LogP contribution in [0.15, 0.2) is 29.1 Å². The van der Waals surface area contributed by atoms with Gasteiger partial charge in [-0.25, -0.2) is 4.98 Å². The Bertz CT molecular complexity index is 805. The molecule has 0 atom stereocenters. The Balaban J connectivity index is 1.83. The largest absolute Gasteiger partial charge is 0.486 e. The number of imidazole rings is 1. The van der Waals surface area contributed by atoms with E-state index in [1.807, 2.05) is 0 Å². The summed E-state index contributed by atoms with van der Waals surface area (Å²) in [6.07, 6.45) is 0. The normalized spacial score (nSPS) is 10.8. The molecule has 3 aromatic rings. The lowest BCUT2D eigenvalue weighted by Gasteiger charge is -2.03. The van der Waals surface area contributed by atoms with E-state index in [1.165, 1.54) is 0 Å². The first-order valence-electron chi connectivity index (χ1n) is 5.84. The number of nitrogen functional groups attached to an aromatic ring is 2. The SMILES string of the molecule is Nc1ccc(OCc2nc3nc(N)[nH]c(=O)c3[nH]2)cc1. The third-order valence-corrected chi connectivity index (χ3v) is 2.68. The van der Waals surface area contributed by atoms with E-state index in [0.717, 1.165) is 0 Å². The fraction of sp³-hybridized carbons (Fsp3) is 0.0833. The lowest BCUT2D eigenvalue weighted by atomic mass is 10.3. The minimum atomic E-state index is -0.362. The molecule has 0 saturated heterocycles. The van der Waals surface area contributed by atoms with E-state index in [2.05, 4.69) is 19.9 Å². The molecule has 2 aromatic heterocycles. The molecule has 102 valence electrons. The van der Waals surface area contributed by atoms with Crippen molar-refractivity contribution < 1.29 is 4.74 Å². The van der Waals surface area contributed by atoms with Crippen molar-refractivity contribution in [3.63, 3.8) is 0 Å². The van der Waals surface area contributed by atoms with Gasteiger partial charge in [0.1, 0.15) is 18.2 Å². The molecule has 6 N–H and O–H groups in total. The lowest BCUT2D eigenvalue weighted by Crippen LogP contribution is -2.10. The third kappa shape index (κ3) is 2.26. The van der Waals surface area contributed by atoms with E-state index in [-0.39, 0.29) is 29.3 Å². The van der Waals surface area contributed by atoms with E-state index < -0.39 is 0 Å². The van der Waals surface area contributed by atoms with Gasteiger partial charge in [0.25, 0.3) is 5.56 Å². The second-order valence-corrected chi connectivity index (χ2v) is 4.19. The Morgan fingerprint density at radius 3 is 2.60 bits per heavy atom. The fourth-order valence-electron chi connectivity index (χ4n) is 1.76. The van der Waals surface area contributed by atoms with Gasteiger partial charge in [0.05, 0.1) is 0 Å². The Hall–Kier alpha value is -3.03. The zero-order valence-electron chi connectivity index (χ0n) is 10.4. The van der Waals surface area contributed by atoms with Crippen LogP contribution in [0.2, 0.25) is 0 Å². The molecule has 0 saturated carbocycles. The summed E-state index contributed by atoms with van der Waals surface area (Å²) in [5.41, 5.74) is 11.9. The van der Waals surface area contributed by atoms with Crippen LogP contribution in [0.4, 0.5) is 11.6 Å². The number of nitrogens with zero attached hydrogens (tertiary/aromatic N) is 2. The van der Waals surface area contributed by atoms with Gasteiger partial charge in [0.2, 0.25) is 5.95 Å². The maximum Gasteiger partial charge on any atom is 0.278 e. The quantitative estimate of drug-likeness (QED) is 0.509. The lowest BCUT2D eigenvalue weighted by molar-refractivity contribution is 0.297. The molecule has 0 aliphatic heterocycles. The van der Waals surface area contributed by atoms with E-state index in [1.54, 1.807) is 24.3 Å². The van der Waals surface area contributed by atoms with Gasteiger partial charge >= 0.3 is 0 Å². The van der Waals surface area contributed by atoms with Gasteiger partial charge in [-0.05, 0) is 24.3 Å². The molecule has 0 bridgehead atoms. The van der Waals surface area contributed by atoms with Crippen molar-refractivity contribution >= 4 is 22.8 Å². The highest BCUT2D eigenvalue weighted by molar-refractivity contribution is 5.70. The summed E-state index contributed by atoms with van der Waals surface area (Å²) in [5.74, 6) is 1.17. The second-order valence-electron chi connectivity index (χ2n) is 4.19. The van der Waals surface area contributed by atoms with Gasteiger partial charge < -0.3 is 21.2 Å². The summed E-state index contributed by atoms with van der Waals surface area (Å²) in [6.45, 7) is 0.180. The van der Waals surface area contributed by atoms with Crippen molar-refractivity contribution in [2.75, 3.05) is 11.5 Å². The van der Waals surface area contributed by atoms with Crippen LogP contribution >= 0.6 is 0 Å². The Morgan fingerprint density at radius 1 is 1.10 bits per heavy atom. The summed E-state index contributed by atoms with van der Waals surface area (Å²) in [4.78, 5) is 24.9. The molecule has 0 fully saturated rings. The summed E-state index contributed by atoms with van der Waals surface area (Å²) in [5, 5.41) is 0. The average Bonchev–Trinajstić information content (AvgIpc) is 2.81. The molecule has 0 radical (unpaired) electrons. The summed E-state index contributed by atoms with van der Waals surface area (Å²) < 4.78 is 5.53. The van der Waals surface area contributed by atoms with Crippen molar-refractivity contribution in [3.05, 3.63) is 40.4 Å². The monoisotopic (exact) mass is 272 g/mol. The average molecular weight is 272 g/mol. The number of benzene rings is 1. The molecule has 0 spiro atoms. The van der Waals surface area contributed by atoms with Gasteiger partial charge in [-0.2, -0.15) is 4.98 Å². The third-order valence-electron chi connectivity index (χ3n) is 2.68. The van der Waals surface area contributed by atoms with Crippen LogP contribution in [0, 0.1) is 0 Å². The highest BCUT2D eigenvalue weighted by atomic mass is 16.5. The number of H-pyrrole nitrogens is 2. The van der Waals surface area contributed by atoms with Crippen LogP contribution in [-0.4, -0.2) is 19.9 Å². The van der Waals surface area contributed by atoms with Gasteiger partial charge in [-0.3, -0.25) is 9.78 Å². The Morgan fingerprint density at radius 2 is 1.85 bits per heavy atom. The minimum Gasteiger partial charge on any atom is -0.486 e. The summed E-state index contributed by atoms with van der Waals surface area (Å²) in [7, 11) is 0. The van der Waals surface area contributed by atoms with Crippen LogP contribution < -0.4 is 21.8 Å². The number of hydrogen-bond donors (Lipinski definition) is 4. The van der Waals surface area contributed by atoms with Gasteiger partial charge in [0, 0.05) is 5.69 Å². The molecule has 8 heteroatoms. The van der Waals surface area contributed by atoms with Crippen molar-refractivity contribution in [1.82, 2.24) is 19.9 Å². The van der Waals surface area contributed by atoms with Crippen molar-refractivity contribution in [2.45, 2.75) is 6.61 Å². The number of aromatic nitrogens is 4. The predicted octanol–water partition coefficient (Wildman–Crippen LogP) is 0.390. The predicted molar refractivity (Wildman–Crippen MR) is 74.1 cm³/mol. The minimum absolute atomic E-state index is 0.0278. The number of hydrogen-bond acceptors (Lipinski definition) is 6. The van der Waals surface area contributed by atoms with Gasteiger partial charge in [-0.1, -0.05) is 0 Å². The summed E-state index contributed by atoms with van der Waals surface area (Å²) >= 11 is 0. The first-order chi connectivity index (χ1) is 9.61. The molecule has 1 aromatic carbocycles. The molecular formula is C12H12N6O2. The number of ether oxygens (including phenoxy) is 1. The first-order valence-corrected chi connectivity index (χ1v) is 5.84. The Labute approximate surface area is 112 Å². The maximum atomic E-state index is 11.6. The number of aromatic amines is 2. The molecule has 0 unspecified atom stereocenters. The van der Waals surface area contributed by atoms with Crippen LogP contribution in [0.1, 0.15) is 5.82 Å². The zero-order chi connectivity index (χ0) is 14.1. The van der Waals surface area contributed by atoms with Crippen LogP contribution in [-0.2, 0) is 6.61 Å². The fourth-order valence-corrected chi connectivity index (χ4v) is 1.76. The molecule has 2 heterocycles. The van der Waals surface area contributed by atoms with E-state index in [4.69, 9.17) is 16.2 Å². The highest BCUT2D eigenvalue weighted by Crippen LogP contribution is 2.14. The maximum absolute atomic E-state index is 11.6. The molecule has 0 aliphatic rings. The zero-order valence-corrected chi connectivity index (χ0v) is 10.4. The Kier molecular flexibility index (Phi) is 2.75. The summed E-state index contributed by atoms with van der Waals surface area (Å²) in [6, 6.07) is 6.98. The van der Waals surface area contributed by atoms with Crippen molar-refractivity contribution in [2.24, 2.45) is 0 Å². The number of fused-ring (bicyclic) bond motifs is 1. The van der Waals surface area contributed by atoms with Crippen molar-refractivity contribution in [1.29, 1.82) is 0 Å². The number of rotatable bonds is 3. The first kappa shape index (κ1) is 12.0. The van der Waals surface area contributed by atoms with Gasteiger partial charge in [-0.15, -0.1) is 0 Å². The number of nitrogens with one attached hydrogen (secondary N) is 2. The molecule has 8 nitrogen and oxygen atoms in total. The van der Waals surface area contributed by atoms with Crippen LogP contribution in [0.5, 0.6) is 5.75 Å². The molecule has 20 heavy (non-hydrogen) atoms. The van der Waals surface area contributed by atoms with Crippen LogP contribution in [0.3, 0.4) is 0 Å². The van der Waals surface area contributed by atoms with E-state index in [9.17, 15) is 4.79 Å². The topological polar surface area (TPSA) is 136 Å². The van der Waals surface area contributed by atoms with Gasteiger partial charge in [0.15, 0.2) is 11.2 Å². The molecule has 3 rings (SSSR count). The second kappa shape index (κ2) is 4.57. The van der Waals surface area contributed by atoms with Crippen molar-refractivity contribution in [3.8, 4) is 5.75 Å². The highest BCUT2D eigenvalue weighted by Gasteiger charge is 2.09. The number of nitrogens with two attached hydrogens (primary N) is 2. The number of anilines is 2.